The van der Waals surface area contributed by atoms with Crippen LogP contribution in [0.4, 0.5) is 13.2 Å². The van der Waals surface area contributed by atoms with Gasteiger partial charge in [0.05, 0.1) is 26.4 Å². The van der Waals surface area contributed by atoms with Crippen LogP contribution in [-0.2, 0) is 14.3 Å². The first-order valence-electron chi connectivity index (χ1n) is 8.75. The Kier molecular flexibility index (Phi) is 5.46. The van der Waals surface area contributed by atoms with Gasteiger partial charge in [-0.15, -0.1) is 0 Å². The van der Waals surface area contributed by atoms with Gasteiger partial charge in [-0.2, -0.15) is 13.2 Å². The largest absolute Gasteiger partial charge is 0.497 e. The molecule has 2 aromatic rings. The SMILES string of the molecule is CCOC(=O)[C@]1(C(F)(F)F)OC(c2ccc(OC)cc2)=C1c1ccc(OC)cc1. The Hall–Kier alpha value is -3.16. The summed E-state index contributed by atoms with van der Waals surface area (Å²) in [6, 6.07) is 12.2. The summed E-state index contributed by atoms with van der Waals surface area (Å²) in [5.41, 5.74) is -2.96. The van der Waals surface area contributed by atoms with E-state index in [1.165, 1.54) is 45.4 Å². The fourth-order valence-electron chi connectivity index (χ4n) is 3.10. The van der Waals surface area contributed by atoms with Crippen LogP contribution in [0.2, 0.25) is 0 Å². The molecule has 2 aromatic carbocycles. The third-order valence-electron chi connectivity index (χ3n) is 4.53. The minimum absolute atomic E-state index is 0.0526. The van der Waals surface area contributed by atoms with Crippen molar-refractivity contribution in [1.29, 1.82) is 0 Å². The summed E-state index contributed by atoms with van der Waals surface area (Å²) in [5.74, 6) is -0.555. The summed E-state index contributed by atoms with van der Waals surface area (Å²) in [7, 11) is 2.93. The molecule has 0 radical (unpaired) electrons. The van der Waals surface area contributed by atoms with Crippen molar-refractivity contribution in [3.63, 3.8) is 0 Å². The van der Waals surface area contributed by atoms with E-state index in [1.807, 2.05) is 0 Å². The number of ether oxygens (including phenoxy) is 4. The Labute approximate surface area is 165 Å². The number of carbonyl (C=O) groups is 1. The lowest BCUT2D eigenvalue weighted by Gasteiger charge is -2.44. The third-order valence-corrected chi connectivity index (χ3v) is 4.53. The van der Waals surface area contributed by atoms with Crippen LogP contribution in [0.5, 0.6) is 11.5 Å². The van der Waals surface area contributed by atoms with E-state index in [-0.39, 0.29) is 23.5 Å². The average Bonchev–Trinajstić information content (AvgIpc) is 2.68. The molecule has 5 nitrogen and oxygen atoms in total. The second-order valence-corrected chi connectivity index (χ2v) is 6.16. The molecule has 3 rings (SSSR count). The normalized spacial score (nSPS) is 18.6. The molecule has 8 heteroatoms. The lowest BCUT2D eigenvalue weighted by Crippen LogP contribution is -2.60. The van der Waals surface area contributed by atoms with Gasteiger partial charge in [0, 0.05) is 5.56 Å². The zero-order valence-electron chi connectivity index (χ0n) is 16.0. The average molecular weight is 408 g/mol. The summed E-state index contributed by atoms with van der Waals surface area (Å²) in [5, 5.41) is 0. The van der Waals surface area contributed by atoms with E-state index in [9.17, 15) is 18.0 Å². The molecule has 1 aliphatic rings. The summed E-state index contributed by atoms with van der Waals surface area (Å²) < 4.78 is 62.4. The van der Waals surface area contributed by atoms with Gasteiger partial charge in [-0.25, -0.2) is 4.79 Å². The summed E-state index contributed by atoms with van der Waals surface area (Å²) in [4.78, 5) is 12.4. The van der Waals surface area contributed by atoms with Gasteiger partial charge in [0.15, 0.2) is 0 Å². The van der Waals surface area contributed by atoms with Crippen LogP contribution in [0, 0.1) is 0 Å². The molecule has 0 amide bonds. The number of alkyl halides is 3. The molecule has 0 N–H and O–H groups in total. The quantitative estimate of drug-likeness (QED) is 0.661. The van der Waals surface area contributed by atoms with Crippen molar-refractivity contribution >= 4 is 17.3 Å². The molecule has 29 heavy (non-hydrogen) atoms. The van der Waals surface area contributed by atoms with E-state index in [4.69, 9.17) is 18.9 Å². The maximum absolute atomic E-state index is 14.1. The molecule has 0 unspecified atom stereocenters. The molecule has 154 valence electrons. The highest BCUT2D eigenvalue weighted by Crippen LogP contribution is 2.57. The molecule has 0 spiro atoms. The van der Waals surface area contributed by atoms with Crippen molar-refractivity contribution in [2.75, 3.05) is 20.8 Å². The van der Waals surface area contributed by atoms with Gasteiger partial charge in [0.1, 0.15) is 17.3 Å². The van der Waals surface area contributed by atoms with Crippen LogP contribution in [0.15, 0.2) is 48.5 Å². The van der Waals surface area contributed by atoms with E-state index in [0.717, 1.165) is 0 Å². The molecule has 0 saturated heterocycles. The molecular formula is C21H19F3O5. The van der Waals surface area contributed by atoms with Crippen molar-refractivity contribution in [1.82, 2.24) is 0 Å². The zero-order chi connectivity index (χ0) is 21.2. The lowest BCUT2D eigenvalue weighted by atomic mass is 9.80. The van der Waals surface area contributed by atoms with Gasteiger partial charge in [-0.05, 0) is 48.9 Å². The highest BCUT2D eigenvalue weighted by atomic mass is 19.4. The van der Waals surface area contributed by atoms with Crippen molar-refractivity contribution in [2.24, 2.45) is 0 Å². The van der Waals surface area contributed by atoms with E-state index in [1.54, 1.807) is 24.3 Å². The number of hydrogen-bond donors (Lipinski definition) is 0. The predicted octanol–water partition coefficient (Wildman–Crippen LogP) is 4.47. The van der Waals surface area contributed by atoms with Gasteiger partial charge in [-0.3, -0.25) is 0 Å². The Morgan fingerprint density at radius 3 is 1.83 bits per heavy atom. The molecule has 1 heterocycles. The Balaban J connectivity index is 2.21. The van der Waals surface area contributed by atoms with Crippen LogP contribution in [0.3, 0.4) is 0 Å². The molecule has 0 fully saturated rings. The number of esters is 1. The molecule has 1 aliphatic heterocycles. The first-order valence-corrected chi connectivity index (χ1v) is 8.75. The van der Waals surface area contributed by atoms with Gasteiger partial charge >= 0.3 is 17.7 Å². The van der Waals surface area contributed by atoms with Crippen LogP contribution in [0.25, 0.3) is 11.3 Å². The summed E-state index contributed by atoms with van der Waals surface area (Å²) in [6.45, 7) is 1.22. The predicted molar refractivity (Wildman–Crippen MR) is 99.3 cm³/mol. The van der Waals surface area contributed by atoms with E-state index in [2.05, 4.69) is 0 Å². The standard InChI is InChI=1S/C21H19F3O5/c1-4-28-19(25)20(21(22,23)24)17(13-5-9-15(26-2)10-6-13)18(29-20)14-7-11-16(27-3)12-8-14/h5-12H,4H2,1-3H3/t20-/m1/s1. The maximum Gasteiger partial charge on any atom is 0.444 e. The van der Waals surface area contributed by atoms with Gasteiger partial charge in [0.2, 0.25) is 0 Å². The molecular weight excluding hydrogens is 389 g/mol. The monoisotopic (exact) mass is 408 g/mol. The van der Waals surface area contributed by atoms with Gasteiger partial charge < -0.3 is 18.9 Å². The summed E-state index contributed by atoms with van der Waals surface area (Å²) in [6.07, 6.45) is -5.02. The number of methoxy groups -OCH3 is 2. The third kappa shape index (κ3) is 3.39. The maximum atomic E-state index is 14.1. The molecule has 0 aliphatic carbocycles. The van der Waals surface area contributed by atoms with Crippen molar-refractivity contribution in [3.8, 4) is 11.5 Å². The second-order valence-electron chi connectivity index (χ2n) is 6.16. The number of halogens is 3. The first-order chi connectivity index (χ1) is 13.8. The van der Waals surface area contributed by atoms with Crippen LogP contribution < -0.4 is 9.47 Å². The molecule has 0 bridgehead atoms. The van der Waals surface area contributed by atoms with E-state index >= 15 is 0 Å². The van der Waals surface area contributed by atoms with Crippen molar-refractivity contribution in [3.05, 3.63) is 59.7 Å². The van der Waals surface area contributed by atoms with E-state index < -0.39 is 17.7 Å². The number of carbonyl (C=O) groups excluding carboxylic acids is 1. The Morgan fingerprint density at radius 2 is 1.41 bits per heavy atom. The first kappa shape index (κ1) is 20.6. The second kappa shape index (κ2) is 7.69. The fourth-order valence-corrected chi connectivity index (χ4v) is 3.10. The zero-order valence-corrected chi connectivity index (χ0v) is 16.0. The Bertz CT molecular complexity index is 917. The highest BCUT2D eigenvalue weighted by Gasteiger charge is 2.73. The number of rotatable bonds is 6. The van der Waals surface area contributed by atoms with Gasteiger partial charge in [-0.1, -0.05) is 12.1 Å². The van der Waals surface area contributed by atoms with Crippen LogP contribution in [0.1, 0.15) is 18.1 Å². The van der Waals surface area contributed by atoms with Crippen molar-refractivity contribution in [2.45, 2.75) is 18.7 Å². The van der Waals surface area contributed by atoms with E-state index in [0.29, 0.717) is 17.1 Å². The van der Waals surface area contributed by atoms with Crippen LogP contribution in [-0.4, -0.2) is 38.6 Å². The Morgan fingerprint density at radius 1 is 0.931 bits per heavy atom. The molecule has 0 aromatic heterocycles. The highest BCUT2D eigenvalue weighted by molar-refractivity contribution is 6.10. The minimum atomic E-state index is -5.02. The van der Waals surface area contributed by atoms with Crippen LogP contribution >= 0.6 is 0 Å². The molecule has 1 atom stereocenters. The van der Waals surface area contributed by atoms with Crippen molar-refractivity contribution < 1.29 is 36.9 Å². The lowest BCUT2D eigenvalue weighted by molar-refractivity contribution is -0.248. The number of benzene rings is 2. The number of hydrogen-bond acceptors (Lipinski definition) is 5. The molecule has 0 saturated carbocycles. The summed E-state index contributed by atoms with van der Waals surface area (Å²) >= 11 is 0. The van der Waals surface area contributed by atoms with Gasteiger partial charge in [0.25, 0.3) is 0 Å². The minimum Gasteiger partial charge on any atom is -0.497 e. The smallest absolute Gasteiger partial charge is 0.444 e. The topological polar surface area (TPSA) is 54.0 Å². The fraction of sp³-hybridized carbons (Fsp3) is 0.286.